The van der Waals surface area contributed by atoms with Gasteiger partial charge in [-0.3, -0.25) is 0 Å². The van der Waals surface area contributed by atoms with Crippen molar-refractivity contribution in [3.8, 4) is 0 Å². The zero-order valence-electron chi connectivity index (χ0n) is 12.7. The van der Waals surface area contributed by atoms with E-state index in [0.29, 0.717) is 12.6 Å². The van der Waals surface area contributed by atoms with Gasteiger partial charge in [0.25, 0.3) is 0 Å². The Hall–Kier alpha value is -0.160. The van der Waals surface area contributed by atoms with Crippen LogP contribution >= 0.6 is 0 Å². The molecular weight excluding hydrogens is 230 g/mol. The van der Waals surface area contributed by atoms with Gasteiger partial charge in [0.1, 0.15) is 0 Å². The van der Waals surface area contributed by atoms with Crippen LogP contribution in [0.3, 0.4) is 0 Å². The fourth-order valence-corrected chi connectivity index (χ4v) is 2.08. The molecule has 0 saturated carbocycles. The second kappa shape index (κ2) is 9.73. The first-order chi connectivity index (χ1) is 8.43. The predicted molar refractivity (Wildman–Crippen MR) is 74.9 cm³/mol. The van der Waals surface area contributed by atoms with Crippen LogP contribution in [0.1, 0.15) is 47.0 Å². The van der Waals surface area contributed by atoms with Gasteiger partial charge in [0, 0.05) is 25.3 Å². The molecule has 0 spiro atoms. The summed E-state index contributed by atoms with van der Waals surface area (Å²) < 4.78 is 10.6. The SMILES string of the molecule is COCC(C)OCCCCC(C)(CO)NC(C)C. The summed E-state index contributed by atoms with van der Waals surface area (Å²) in [5.41, 5.74) is -0.174. The molecule has 0 aliphatic carbocycles. The van der Waals surface area contributed by atoms with E-state index in [1.807, 2.05) is 6.92 Å². The molecule has 0 heterocycles. The molecule has 0 aliphatic rings. The molecular formula is C14H31NO3. The van der Waals surface area contributed by atoms with Crippen molar-refractivity contribution in [2.45, 2.75) is 64.6 Å². The molecule has 0 fully saturated rings. The lowest BCUT2D eigenvalue weighted by atomic mass is 9.95. The Kier molecular flexibility index (Phi) is 9.64. The molecule has 0 aromatic heterocycles. The normalized spacial score (nSPS) is 16.8. The monoisotopic (exact) mass is 261 g/mol. The average molecular weight is 261 g/mol. The lowest BCUT2D eigenvalue weighted by Gasteiger charge is -2.31. The standard InChI is InChI=1S/C14H31NO3/c1-12(2)15-14(4,11-16)8-6-7-9-18-13(3)10-17-5/h12-13,15-16H,6-11H2,1-5H3. The smallest absolute Gasteiger partial charge is 0.0780 e. The van der Waals surface area contributed by atoms with Crippen molar-refractivity contribution >= 4 is 0 Å². The first-order valence-electron chi connectivity index (χ1n) is 6.92. The molecule has 0 saturated heterocycles. The molecule has 0 radical (unpaired) electrons. The van der Waals surface area contributed by atoms with E-state index in [9.17, 15) is 5.11 Å². The third-order valence-electron chi connectivity index (χ3n) is 2.91. The Morgan fingerprint density at radius 1 is 1.22 bits per heavy atom. The Morgan fingerprint density at radius 3 is 2.39 bits per heavy atom. The van der Waals surface area contributed by atoms with Crippen LogP contribution in [0.15, 0.2) is 0 Å². The highest BCUT2D eigenvalue weighted by Gasteiger charge is 2.22. The molecule has 0 amide bonds. The van der Waals surface area contributed by atoms with E-state index in [-0.39, 0.29) is 18.2 Å². The Balaban J connectivity index is 3.68. The van der Waals surface area contributed by atoms with Gasteiger partial charge in [-0.15, -0.1) is 0 Å². The van der Waals surface area contributed by atoms with Gasteiger partial charge in [-0.25, -0.2) is 0 Å². The molecule has 0 bridgehead atoms. The molecule has 2 atom stereocenters. The quantitative estimate of drug-likeness (QED) is 0.558. The van der Waals surface area contributed by atoms with Crippen molar-refractivity contribution in [2.75, 3.05) is 26.9 Å². The van der Waals surface area contributed by atoms with Gasteiger partial charge in [-0.2, -0.15) is 0 Å². The first-order valence-corrected chi connectivity index (χ1v) is 6.92. The van der Waals surface area contributed by atoms with Crippen LogP contribution in [-0.2, 0) is 9.47 Å². The van der Waals surface area contributed by atoms with E-state index >= 15 is 0 Å². The van der Waals surface area contributed by atoms with E-state index < -0.39 is 0 Å². The molecule has 0 aromatic carbocycles. The van der Waals surface area contributed by atoms with Crippen LogP contribution < -0.4 is 5.32 Å². The number of ether oxygens (including phenoxy) is 2. The minimum atomic E-state index is -0.174. The zero-order valence-corrected chi connectivity index (χ0v) is 12.7. The van der Waals surface area contributed by atoms with Crippen LogP contribution in [0, 0.1) is 0 Å². The third-order valence-corrected chi connectivity index (χ3v) is 2.91. The van der Waals surface area contributed by atoms with E-state index in [4.69, 9.17) is 9.47 Å². The van der Waals surface area contributed by atoms with Crippen LogP contribution in [-0.4, -0.2) is 49.7 Å². The number of aliphatic hydroxyl groups is 1. The Labute approximate surface area is 112 Å². The summed E-state index contributed by atoms with van der Waals surface area (Å²) >= 11 is 0. The second-order valence-electron chi connectivity index (χ2n) is 5.61. The number of rotatable bonds is 11. The molecule has 2 N–H and O–H groups in total. The highest BCUT2D eigenvalue weighted by molar-refractivity contribution is 4.83. The number of nitrogens with one attached hydrogen (secondary N) is 1. The van der Waals surface area contributed by atoms with Gasteiger partial charge >= 0.3 is 0 Å². The minimum absolute atomic E-state index is 0.160. The highest BCUT2D eigenvalue weighted by atomic mass is 16.5. The van der Waals surface area contributed by atoms with Gasteiger partial charge in [0.2, 0.25) is 0 Å². The molecule has 0 rings (SSSR count). The van der Waals surface area contributed by atoms with Gasteiger partial charge in [0.15, 0.2) is 0 Å². The zero-order chi connectivity index (χ0) is 14.0. The average Bonchev–Trinajstić information content (AvgIpc) is 2.28. The summed E-state index contributed by atoms with van der Waals surface area (Å²) in [4.78, 5) is 0. The van der Waals surface area contributed by atoms with Crippen molar-refractivity contribution in [3.63, 3.8) is 0 Å². The number of methoxy groups -OCH3 is 1. The fourth-order valence-electron chi connectivity index (χ4n) is 2.08. The molecule has 4 heteroatoms. The van der Waals surface area contributed by atoms with Crippen molar-refractivity contribution in [1.82, 2.24) is 5.32 Å². The molecule has 0 aromatic rings. The fraction of sp³-hybridized carbons (Fsp3) is 1.00. The van der Waals surface area contributed by atoms with Crippen LogP contribution in [0.4, 0.5) is 0 Å². The van der Waals surface area contributed by atoms with Crippen LogP contribution in [0.5, 0.6) is 0 Å². The van der Waals surface area contributed by atoms with Crippen LogP contribution in [0.2, 0.25) is 0 Å². The van der Waals surface area contributed by atoms with E-state index in [0.717, 1.165) is 25.9 Å². The molecule has 110 valence electrons. The van der Waals surface area contributed by atoms with Crippen molar-refractivity contribution in [1.29, 1.82) is 0 Å². The second-order valence-corrected chi connectivity index (χ2v) is 5.61. The Morgan fingerprint density at radius 2 is 1.89 bits per heavy atom. The molecule has 18 heavy (non-hydrogen) atoms. The predicted octanol–water partition coefficient (Wildman–Crippen LogP) is 1.96. The number of unbranched alkanes of at least 4 members (excludes halogenated alkanes) is 1. The third kappa shape index (κ3) is 8.86. The first kappa shape index (κ1) is 17.8. The molecule has 0 aliphatic heterocycles. The lowest BCUT2D eigenvalue weighted by molar-refractivity contribution is 0.00683. The van der Waals surface area contributed by atoms with Crippen molar-refractivity contribution < 1.29 is 14.6 Å². The van der Waals surface area contributed by atoms with E-state index in [2.05, 4.69) is 26.1 Å². The van der Waals surface area contributed by atoms with E-state index in [1.165, 1.54) is 0 Å². The summed E-state index contributed by atoms with van der Waals surface area (Å²) in [5, 5.41) is 12.9. The lowest BCUT2D eigenvalue weighted by Crippen LogP contribution is -2.49. The van der Waals surface area contributed by atoms with Gasteiger partial charge in [-0.1, -0.05) is 13.8 Å². The van der Waals surface area contributed by atoms with E-state index in [1.54, 1.807) is 7.11 Å². The molecule has 2 unspecified atom stereocenters. The largest absolute Gasteiger partial charge is 0.394 e. The number of hydrogen-bond acceptors (Lipinski definition) is 4. The molecule has 4 nitrogen and oxygen atoms in total. The van der Waals surface area contributed by atoms with Gasteiger partial charge in [0.05, 0.1) is 19.3 Å². The van der Waals surface area contributed by atoms with Gasteiger partial charge in [-0.05, 0) is 33.1 Å². The minimum Gasteiger partial charge on any atom is -0.394 e. The maximum atomic E-state index is 9.44. The number of aliphatic hydroxyl groups excluding tert-OH is 1. The summed E-state index contributed by atoms with van der Waals surface area (Å²) in [6, 6.07) is 0.389. The van der Waals surface area contributed by atoms with Crippen LogP contribution in [0.25, 0.3) is 0 Å². The summed E-state index contributed by atoms with van der Waals surface area (Å²) in [5.74, 6) is 0. The number of hydrogen-bond donors (Lipinski definition) is 2. The topological polar surface area (TPSA) is 50.7 Å². The van der Waals surface area contributed by atoms with Crippen molar-refractivity contribution in [2.24, 2.45) is 0 Å². The van der Waals surface area contributed by atoms with Gasteiger partial charge < -0.3 is 19.9 Å². The maximum absolute atomic E-state index is 9.44. The summed E-state index contributed by atoms with van der Waals surface area (Å²) in [7, 11) is 1.68. The summed E-state index contributed by atoms with van der Waals surface area (Å²) in [6.07, 6.45) is 3.19. The summed E-state index contributed by atoms with van der Waals surface area (Å²) in [6.45, 7) is 9.86. The maximum Gasteiger partial charge on any atom is 0.0780 e. The van der Waals surface area contributed by atoms with Crippen molar-refractivity contribution in [3.05, 3.63) is 0 Å². The highest BCUT2D eigenvalue weighted by Crippen LogP contribution is 2.14. The Bertz CT molecular complexity index is 199.